The van der Waals surface area contributed by atoms with Crippen LogP contribution in [-0.2, 0) is 0 Å². The van der Waals surface area contributed by atoms with E-state index in [1.54, 1.807) is 6.20 Å². The van der Waals surface area contributed by atoms with E-state index < -0.39 is 0 Å². The Hall–Kier alpha value is -1.16. The molecule has 0 amide bonds. The van der Waals surface area contributed by atoms with Crippen molar-refractivity contribution in [3.63, 3.8) is 0 Å². The maximum atomic E-state index is 5.47. The van der Waals surface area contributed by atoms with Crippen molar-refractivity contribution in [2.45, 2.75) is 19.8 Å². The summed E-state index contributed by atoms with van der Waals surface area (Å²) < 4.78 is 0. The molecule has 4 heteroatoms. The number of anilines is 1. The molecule has 0 atom stereocenters. The Morgan fingerprint density at radius 3 is 2.80 bits per heavy atom. The number of hydrogen-bond acceptors (Lipinski definition) is 3. The highest BCUT2D eigenvalue weighted by atomic mass is 32.1. The van der Waals surface area contributed by atoms with Crippen LogP contribution in [0.1, 0.15) is 25.5 Å². The van der Waals surface area contributed by atoms with Gasteiger partial charge in [0, 0.05) is 6.54 Å². The van der Waals surface area contributed by atoms with Crippen LogP contribution >= 0.6 is 12.2 Å². The Balaban J connectivity index is 1.95. The minimum Gasteiger partial charge on any atom is -0.388 e. The van der Waals surface area contributed by atoms with Gasteiger partial charge in [-0.3, -0.25) is 4.98 Å². The molecule has 3 N–H and O–H groups in total. The summed E-state index contributed by atoms with van der Waals surface area (Å²) in [5.74, 6) is 0. The number of rotatable bonds is 4. The molecular formula is C11H15N3S. The van der Waals surface area contributed by atoms with Gasteiger partial charge < -0.3 is 11.1 Å². The second kappa shape index (κ2) is 3.77. The highest BCUT2D eigenvalue weighted by Crippen LogP contribution is 2.44. The van der Waals surface area contributed by atoms with Crippen molar-refractivity contribution < 1.29 is 0 Å². The topological polar surface area (TPSA) is 50.9 Å². The molecule has 1 aliphatic carbocycles. The highest BCUT2D eigenvalue weighted by molar-refractivity contribution is 7.80. The summed E-state index contributed by atoms with van der Waals surface area (Å²) in [6.07, 6.45) is 4.41. The number of nitrogens with two attached hydrogens (primary N) is 1. The van der Waals surface area contributed by atoms with Crippen LogP contribution in [0.25, 0.3) is 0 Å². The van der Waals surface area contributed by atoms with Gasteiger partial charge in [-0.05, 0) is 30.4 Å². The lowest BCUT2D eigenvalue weighted by Crippen LogP contribution is -2.14. The molecule has 2 rings (SSSR count). The molecule has 0 aromatic carbocycles. The van der Waals surface area contributed by atoms with Crippen LogP contribution < -0.4 is 11.1 Å². The normalized spacial score (nSPS) is 17.1. The average molecular weight is 221 g/mol. The minimum absolute atomic E-state index is 0.343. The molecule has 0 spiro atoms. The molecule has 80 valence electrons. The fraction of sp³-hybridized carbons (Fsp3) is 0.455. The van der Waals surface area contributed by atoms with Gasteiger partial charge in [0.1, 0.15) is 4.99 Å². The van der Waals surface area contributed by atoms with Gasteiger partial charge in [-0.25, -0.2) is 0 Å². The number of nitrogens with one attached hydrogen (secondary N) is 1. The van der Waals surface area contributed by atoms with E-state index in [9.17, 15) is 0 Å². The van der Waals surface area contributed by atoms with E-state index in [-0.39, 0.29) is 0 Å². The van der Waals surface area contributed by atoms with Crippen LogP contribution in [0.2, 0.25) is 0 Å². The van der Waals surface area contributed by atoms with Crippen LogP contribution in [0.3, 0.4) is 0 Å². The van der Waals surface area contributed by atoms with Crippen molar-refractivity contribution in [1.29, 1.82) is 0 Å². The van der Waals surface area contributed by atoms with E-state index in [4.69, 9.17) is 18.0 Å². The Labute approximate surface area is 95.1 Å². The smallest absolute Gasteiger partial charge is 0.122 e. The van der Waals surface area contributed by atoms with Crippen molar-refractivity contribution in [3.05, 3.63) is 24.0 Å². The molecule has 1 aromatic rings. The summed E-state index contributed by atoms with van der Waals surface area (Å²) in [4.78, 5) is 4.51. The molecule has 0 aliphatic heterocycles. The predicted octanol–water partition coefficient (Wildman–Crippen LogP) is 1.93. The van der Waals surface area contributed by atoms with Crippen LogP contribution in [-0.4, -0.2) is 16.5 Å². The molecule has 3 nitrogen and oxygen atoms in total. The van der Waals surface area contributed by atoms with Gasteiger partial charge in [-0.2, -0.15) is 0 Å². The van der Waals surface area contributed by atoms with Crippen LogP contribution in [0.5, 0.6) is 0 Å². The van der Waals surface area contributed by atoms with Crippen LogP contribution in [0.15, 0.2) is 18.3 Å². The number of nitrogens with zero attached hydrogens (tertiary/aromatic N) is 1. The van der Waals surface area contributed by atoms with Gasteiger partial charge in [0.25, 0.3) is 0 Å². The maximum Gasteiger partial charge on any atom is 0.122 e. The molecular weight excluding hydrogens is 206 g/mol. The number of thiocarbonyl (C=S) groups is 1. The summed E-state index contributed by atoms with van der Waals surface area (Å²) in [5, 5.41) is 3.37. The molecule has 15 heavy (non-hydrogen) atoms. The third kappa shape index (κ3) is 2.65. The van der Waals surface area contributed by atoms with Gasteiger partial charge in [-0.15, -0.1) is 0 Å². The largest absolute Gasteiger partial charge is 0.388 e. The van der Waals surface area contributed by atoms with E-state index in [2.05, 4.69) is 17.2 Å². The van der Waals surface area contributed by atoms with Crippen LogP contribution in [0, 0.1) is 5.41 Å². The van der Waals surface area contributed by atoms with Crippen molar-refractivity contribution >= 4 is 22.9 Å². The van der Waals surface area contributed by atoms with E-state index in [0.29, 0.717) is 16.1 Å². The Kier molecular flexibility index (Phi) is 2.61. The Morgan fingerprint density at radius 1 is 1.60 bits per heavy atom. The van der Waals surface area contributed by atoms with E-state index >= 15 is 0 Å². The molecule has 0 radical (unpaired) electrons. The zero-order valence-electron chi connectivity index (χ0n) is 8.79. The van der Waals surface area contributed by atoms with Gasteiger partial charge in [-0.1, -0.05) is 19.1 Å². The molecule has 1 aliphatic rings. The summed E-state index contributed by atoms with van der Waals surface area (Å²) in [6.45, 7) is 3.30. The Morgan fingerprint density at radius 2 is 2.33 bits per heavy atom. The van der Waals surface area contributed by atoms with Gasteiger partial charge >= 0.3 is 0 Å². The first-order chi connectivity index (χ1) is 7.09. The standard InChI is InChI=1S/C11H15N3S/c1-11(4-5-11)7-14-8-2-3-9(10(12)15)13-6-8/h2-3,6,14H,4-5,7H2,1H3,(H2,12,15). The maximum absolute atomic E-state index is 5.47. The van der Waals surface area contributed by atoms with Crippen molar-refractivity contribution in [2.75, 3.05) is 11.9 Å². The van der Waals surface area contributed by atoms with Crippen molar-refractivity contribution in [3.8, 4) is 0 Å². The predicted molar refractivity (Wildman–Crippen MR) is 66.0 cm³/mol. The van der Waals surface area contributed by atoms with Gasteiger partial charge in [0.05, 0.1) is 17.6 Å². The molecule has 0 bridgehead atoms. The Bertz CT molecular complexity index is 368. The lowest BCUT2D eigenvalue weighted by atomic mass is 10.1. The van der Waals surface area contributed by atoms with Crippen LogP contribution in [0.4, 0.5) is 5.69 Å². The third-order valence-electron chi connectivity index (χ3n) is 2.84. The summed E-state index contributed by atoms with van der Waals surface area (Å²) in [6, 6.07) is 3.81. The first-order valence-corrected chi connectivity index (χ1v) is 5.50. The molecule has 1 heterocycles. The quantitative estimate of drug-likeness (QED) is 0.763. The van der Waals surface area contributed by atoms with Crippen molar-refractivity contribution in [1.82, 2.24) is 4.98 Å². The molecule has 0 saturated heterocycles. The number of pyridine rings is 1. The fourth-order valence-electron chi connectivity index (χ4n) is 1.35. The minimum atomic E-state index is 0.343. The molecule has 1 saturated carbocycles. The van der Waals surface area contributed by atoms with E-state index in [1.807, 2.05) is 12.1 Å². The number of aromatic nitrogens is 1. The van der Waals surface area contributed by atoms with E-state index in [0.717, 1.165) is 12.2 Å². The van der Waals surface area contributed by atoms with E-state index in [1.165, 1.54) is 12.8 Å². The lowest BCUT2D eigenvalue weighted by molar-refractivity contribution is 0.610. The average Bonchev–Trinajstić information content (AvgIpc) is 2.95. The molecule has 1 fully saturated rings. The zero-order valence-corrected chi connectivity index (χ0v) is 9.60. The highest BCUT2D eigenvalue weighted by Gasteiger charge is 2.36. The molecule has 0 unspecified atom stereocenters. The first-order valence-electron chi connectivity index (χ1n) is 5.09. The van der Waals surface area contributed by atoms with Crippen molar-refractivity contribution in [2.24, 2.45) is 11.1 Å². The monoisotopic (exact) mass is 221 g/mol. The second-order valence-electron chi connectivity index (χ2n) is 4.46. The summed E-state index contributed by atoms with van der Waals surface area (Å²) in [5.41, 5.74) is 7.67. The lowest BCUT2D eigenvalue weighted by Gasteiger charge is -2.11. The van der Waals surface area contributed by atoms with Gasteiger partial charge in [0.2, 0.25) is 0 Å². The molecule has 1 aromatic heterocycles. The van der Waals surface area contributed by atoms with Gasteiger partial charge in [0.15, 0.2) is 0 Å². The zero-order chi connectivity index (χ0) is 10.9. The second-order valence-corrected chi connectivity index (χ2v) is 4.90. The first kappa shape index (κ1) is 10.4. The third-order valence-corrected chi connectivity index (χ3v) is 3.05. The summed E-state index contributed by atoms with van der Waals surface area (Å²) >= 11 is 4.83. The SMILES string of the molecule is CC1(CNc2ccc(C(N)=S)nc2)CC1. The summed E-state index contributed by atoms with van der Waals surface area (Å²) in [7, 11) is 0. The number of hydrogen-bond donors (Lipinski definition) is 2. The fourth-order valence-corrected chi connectivity index (χ4v) is 1.47.